The van der Waals surface area contributed by atoms with Gasteiger partial charge in [-0.2, -0.15) is 10.1 Å². The van der Waals surface area contributed by atoms with Crippen LogP contribution in [-0.2, 0) is 0 Å². The SMILES string of the molecule is C[C@H](Nc1cc(Cl)nc(N)n1)c1ccc(-n2cncn2)cc1. The first kappa shape index (κ1) is 14.3. The van der Waals surface area contributed by atoms with Gasteiger partial charge in [0.1, 0.15) is 23.6 Å². The molecule has 0 saturated heterocycles. The number of nitrogens with one attached hydrogen (secondary N) is 1. The van der Waals surface area contributed by atoms with Gasteiger partial charge < -0.3 is 11.1 Å². The van der Waals surface area contributed by atoms with Gasteiger partial charge in [0.2, 0.25) is 5.95 Å². The lowest BCUT2D eigenvalue weighted by molar-refractivity contribution is 0.857. The van der Waals surface area contributed by atoms with E-state index in [1.54, 1.807) is 17.1 Å². The van der Waals surface area contributed by atoms with Gasteiger partial charge in [0, 0.05) is 12.1 Å². The van der Waals surface area contributed by atoms with E-state index in [1.165, 1.54) is 6.33 Å². The van der Waals surface area contributed by atoms with E-state index >= 15 is 0 Å². The van der Waals surface area contributed by atoms with Crippen LogP contribution in [0, 0.1) is 0 Å². The zero-order valence-electron chi connectivity index (χ0n) is 11.8. The second-order valence-corrected chi connectivity index (χ2v) is 5.12. The van der Waals surface area contributed by atoms with Crippen LogP contribution in [0.25, 0.3) is 5.69 Å². The summed E-state index contributed by atoms with van der Waals surface area (Å²) < 4.78 is 1.70. The fourth-order valence-corrected chi connectivity index (χ4v) is 2.26. The highest BCUT2D eigenvalue weighted by molar-refractivity contribution is 6.29. The Kier molecular flexibility index (Phi) is 3.88. The van der Waals surface area contributed by atoms with Crippen molar-refractivity contribution in [1.82, 2.24) is 24.7 Å². The third-order valence-corrected chi connectivity index (χ3v) is 3.35. The van der Waals surface area contributed by atoms with Crippen molar-refractivity contribution in [3.05, 3.63) is 53.7 Å². The first-order valence-corrected chi connectivity index (χ1v) is 7.01. The summed E-state index contributed by atoms with van der Waals surface area (Å²) in [6.45, 7) is 2.02. The molecule has 3 N–H and O–H groups in total. The fourth-order valence-electron chi connectivity index (χ4n) is 2.07. The number of anilines is 2. The number of benzene rings is 1. The second-order valence-electron chi connectivity index (χ2n) is 4.73. The van der Waals surface area contributed by atoms with Crippen molar-refractivity contribution >= 4 is 23.4 Å². The van der Waals surface area contributed by atoms with E-state index in [0.29, 0.717) is 11.0 Å². The molecule has 7 nitrogen and oxygen atoms in total. The topological polar surface area (TPSA) is 94.5 Å². The number of hydrogen-bond acceptors (Lipinski definition) is 6. The number of hydrogen-bond donors (Lipinski definition) is 2. The summed E-state index contributed by atoms with van der Waals surface area (Å²) in [7, 11) is 0. The van der Waals surface area contributed by atoms with Gasteiger partial charge in [-0.3, -0.25) is 0 Å². The molecule has 1 aromatic carbocycles. The highest BCUT2D eigenvalue weighted by Gasteiger charge is 2.08. The molecule has 0 radical (unpaired) electrons. The van der Waals surface area contributed by atoms with Crippen LogP contribution in [0.15, 0.2) is 43.0 Å². The van der Waals surface area contributed by atoms with Gasteiger partial charge in [0.25, 0.3) is 0 Å². The summed E-state index contributed by atoms with van der Waals surface area (Å²) in [5, 5.41) is 7.65. The molecule has 1 atom stereocenters. The van der Waals surface area contributed by atoms with E-state index < -0.39 is 0 Å². The average Bonchev–Trinajstić information content (AvgIpc) is 3.00. The van der Waals surface area contributed by atoms with Crippen molar-refractivity contribution in [3.8, 4) is 5.69 Å². The number of aromatic nitrogens is 5. The minimum atomic E-state index is 0.0372. The third-order valence-electron chi connectivity index (χ3n) is 3.15. The second kappa shape index (κ2) is 5.98. The molecule has 0 bridgehead atoms. The Balaban J connectivity index is 1.76. The zero-order chi connectivity index (χ0) is 15.5. The van der Waals surface area contributed by atoms with Crippen LogP contribution in [0.1, 0.15) is 18.5 Å². The lowest BCUT2D eigenvalue weighted by Crippen LogP contribution is -2.09. The average molecular weight is 316 g/mol. The Morgan fingerprint density at radius 1 is 1.23 bits per heavy atom. The molecule has 112 valence electrons. The van der Waals surface area contributed by atoms with Crippen LogP contribution in [0.4, 0.5) is 11.8 Å². The summed E-state index contributed by atoms with van der Waals surface area (Å²) in [4.78, 5) is 11.9. The molecular weight excluding hydrogens is 302 g/mol. The Labute approximate surface area is 132 Å². The molecule has 0 saturated carbocycles. The maximum Gasteiger partial charge on any atom is 0.223 e. The smallest absolute Gasteiger partial charge is 0.223 e. The number of rotatable bonds is 4. The molecule has 0 spiro atoms. The van der Waals surface area contributed by atoms with Crippen LogP contribution < -0.4 is 11.1 Å². The molecule has 22 heavy (non-hydrogen) atoms. The summed E-state index contributed by atoms with van der Waals surface area (Å²) >= 11 is 5.87. The van der Waals surface area contributed by atoms with Gasteiger partial charge >= 0.3 is 0 Å². The summed E-state index contributed by atoms with van der Waals surface area (Å²) in [6.07, 6.45) is 3.16. The van der Waals surface area contributed by atoms with Crippen LogP contribution in [0.3, 0.4) is 0 Å². The highest BCUT2D eigenvalue weighted by Crippen LogP contribution is 2.21. The minimum Gasteiger partial charge on any atom is -0.368 e. The number of nitrogens with zero attached hydrogens (tertiary/aromatic N) is 5. The van der Waals surface area contributed by atoms with Gasteiger partial charge in [-0.1, -0.05) is 23.7 Å². The van der Waals surface area contributed by atoms with E-state index in [4.69, 9.17) is 17.3 Å². The molecule has 0 aliphatic rings. The molecule has 2 heterocycles. The van der Waals surface area contributed by atoms with Gasteiger partial charge in [-0.15, -0.1) is 0 Å². The standard InChI is InChI=1S/C14H14ClN7/c1-9(19-13-6-12(15)20-14(16)21-13)10-2-4-11(5-3-10)22-8-17-7-18-22/h2-9H,1H3,(H3,16,19,20,21)/t9-/m0/s1. The Bertz CT molecular complexity index is 735. The van der Waals surface area contributed by atoms with Crippen LogP contribution in [0.5, 0.6) is 0 Å². The normalized spacial score (nSPS) is 12.1. The maximum atomic E-state index is 5.87. The van der Waals surface area contributed by atoms with Crippen molar-refractivity contribution in [2.24, 2.45) is 0 Å². The van der Waals surface area contributed by atoms with Crippen LogP contribution in [0.2, 0.25) is 5.15 Å². The van der Waals surface area contributed by atoms with Crippen molar-refractivity contribution in [2.75, 3.05) is 11.1 Å². The number of nitrogens with two attached hydrogens (primary N) is 1. The Hall–Kier alpha value is -2.67. The molecule has 0 aliphatic carbocycles. The quantitative estimate of drug-likeness (QED) is 0.718. The predicted molar refractivity (Wildman–Crippen MR) is 84.9 cm³/mol. The lowest BCUT2D eigenvalue weighted by Gasteiger charge is -2.15. The number of nitrogen functional groups attached to an aromatic ring is 1. The molecule has 0 fully saturated rings. The van der Waals surface area contributed by atoms with Crippen molar-refractivity contribution in [1.29, 1.82) is 0 Å². The molecule has 3 rings (SSSR count). The first-order chi connectivity index (χ1) is 10.6. The summed E-state index contributed by atoms with van der Waals surface area (Å²) in [6, 6.07) is 9.66. The Morgan fingerprint density at radius 3 is 2.64 bits per heavy atom. The zero-order valence-corrected chi connectivity index (χ0v) is 12.6. The third kappa shape index (κ3) is 3.15. The van der Waals surface area contributed by atoms with E-state index in [-0.39, 0.29) is 12.0 Å². The summed E-state index contributed by atoms with van der Waals surface area (Å²) in [5.41, 5.74) is 7.63. The van der Waals surface area contributed by atoms with Gasteiger partial charge in [0.05, 0.1) is 5.69 Å². The monoisotopic (exact) mass is 315 g/mol. The fraction of sp³-hybridized carbons (Fsp3) is 0.143. The van der Waals surface area contributed by atoms with E-state index in [0.717, 1.165) is 11.3 Å². The molecule has 3 aromatic rings. The van der Waals surface area contributed by atoms with E-state index in [1.807, 2.05) is 31.2 Å². The van der Waals surface area contributed by atoms with Crippen molar-refractivity contribution < 1.29 is 0 Å². The molecule has 0 unspecified atom stereocenters. The summed E-state index contributed by atoms with van der Waals surface area (Å²) in [5.74, 6) is 0.731. The minimum absolute atomic E-state index is 0.0372. The molecular formula is C14H14ClN7. The lowest BCUT2D eigenvalue weighted by atomic mass is 10.1. The molecule has 0 amide bonds. The molecule has 2 aromatic heterocycles. The van der Waals surface area contributed by atoms with Gasteiger partial charge in [-0.05, 0) is 24.6 Å². The van der Waals surface area contributed by atoms with Gasteiger partial charge in [-0.25, -0.2) is 14.6 Å². The van der Waals surface area contributed by atoms with Gasteiger partial charge in [0.15, 0.2) is 0 Å². The van der Waals surface area contributed by atoms with E-state index in [2.05, 4.69) is 25.4 Å². The van der Waals surface area contributed by atoms with E-state index in [9.17, 15) is 0 Å². The number of halogens is 1. The van der Waals surface area contributed by atoms with Crippen LogP contribution >= 0.6 is 11.6 Å². The molecule has 0 aliphatic heterocycles. The largest absolute Gasteiger partial charge is 0.368 e. The molecule has 8 heteroatoms. The van der Waals surface area contributed by atoms with Crippen LogP contribution in [-0.4, -0.2) is 24.7 Å². The highest BCUT2D eigenvalue weighted by atomic mass is 35.5. The first-order valence-electron chi connectivity index (χ1n) is 6.63. The van der Waals surface area contributed by atoms with Crippen molar-refractivity contribution in [2.45, 2.75) is 13.0 Å². The maximum absolute atomic E-state index is 5.87. The Morgan fingerprint density at radius 2 is 2.00 bits per heavy atom. The van der Waals surface area contributed by atoms with Crippen molar-refractivity contribution in [3.63, 3.8) is 0 Å². The predicted octanol–water partition coefficient (Wildman–Crippen LogP) is 2.47.